The lowest BCUT2D eigenvalue weighted by Gasteiger charge is -2.28. The Morgan fingerprint density at radius 3 is 2.41 bits per heavy atom. The molecule has 0 saturated carbocycles. The molecule has 1 unspecified atom stereocenters. The number of carbonyl (C=O) groups is 2. The van der Waals surface area contributed by atoms with Gasteiger partial charge < -0.3 is 19.7 Å². The van der Waals surface area contributed by atoms with Gasteiger partial charge in [0.1, 0.15) is 4.88 Å². The summed E-state index contributed by atoms with van der Waals surface area (Å²) in [7, 11) is 0. The number of rotatable bonds is 6. The number of hydrogen-bond donors (Lipinski definition) is 1. The smallest absolute Gasteiger partial charge is 0.349 e. The van der Waals surface area contributed by atoms with E-state index < -0.39 is 12.1 Å². The standard InChI is InChI=1S/C25H26N2O4S/c1-17-3-5-19(6-4-17)22-11-16-32-23(22)25(29)31-18(2)24(28)26-20-7-9-21(10-8-20)27-12-14-30-15-13-27/h3-11,16,18H,12-15H2,1-2H3,(H,26,28). The molecule has 1 amide bonds. The Kier molecular flexibility index (Phi) is 6.87. The first-order chi connectivity index (χ1) is 15.5. The third-order valence-corrected chi connectivity index (χ3v) is 6.27. The quantitative estimate of drug-likeness (QED) is 0.549. The van der Waals surface area contributed by atoms with Crippen molar-refractivity contribution in [3.05, 3.63) is 70.4 Å². The van der Waals surface area contributed by atoms with Crippen LogP contribution < -0.4 is 10.2 Å². The number of amides is 1. The number of thiophene rings is 1. The molecular formula is C25H26N2O4S. The molecule has 1 aromatic heterocycles. The summed E-state index contributed by atoms with van der Waals surface area (Å²) in [5.41, 5.74) is 4.66. The minimum atomic E-state index is -0.922. The Morgan fingerprint density at radius 2 is 1.72 bits per heavy atom. The molecule has 1 aliphatic heterocycles. The fraction of sp³-hybridized carbons (Fsp3) is 0.280. The Bertz CT molecular complexity index is 1070. The van der Waals surface area contributed by atoms with Crippen molar-refractivity contribution >= 4 is 34.6 Å². The second-order valence-corrected chi connectivity index (χ2v) is 8.63. The van der Waals surface area contributed by atoms with Gasteiger partial charge in [0.05, 0.1) is 13.2 Å². The van der Waals surface area contributed by atoms with Gasteiger partial charge in [-0.25, -0.2) is 4.79 Å². The van der Waals surface area contributed by atoms with Crippen molar-refractivity contribution in [2.45, 2.75) is 20.0 Å². The van der Waals surface area contributed by atoms with Crippen LogP contribution in [0.3, 0.4) is 0 Å². The zero-order valence-electron chi connectivity index (χ0n) is 18.2. The highest BCUT2D eigenvalue weighted by atomic mass is 32.1. The second-order valence-electron chi connectivity index (χ2n) is 7.71. The van der Waals surface area contributed by atoms with Gasteiger partial charge in [-0.3, -0.25) is 4.79 Å². The lowest BCUT2D eigenvalue weighted by Crippen LogP contribution is -2.36. The molecule has 2 heterocycles. The van der Waals surface area contributed by atoms with Crippen molar-refractivity contribution in [3.8, 4) is 11.1 Å². The lowest BCUT2D eigenvalue weighted by molar-refractivity contribution is -0.123. The van der Waals surface area contributed by atoms with Gasteiger partial charge in [-0.1, -0.05) is 29.8 Å². The first-order valence-corrected chi connectivity index (χ1v) is 11.5. The van der Waals surface area contributed by atoms with Gasteiger partial charge in [-0.2, -0.15) is 0 Å². The molecule has 1 N–H and O–H groups in total. The minimum Gasteiger partial charge on any atom is -0.448 e. The van der Waals surface area contributed by atoms with E-state index in [1.54, 1.807) is 6.92 Å². The highest BCUT2D eigenvalue weighted by molar-refractivity contribution is 7.12. The molecular weight excluding hydrogens is 424 g/mol. The summed E-state index contributed by atoms with van der Waals surface area (Å²) in [6, 6.07) is 17.5. The average molecular weight is 451 g/mol. The summed E-state index contributed by atoms with van der Waals surface area (Å²) in [5.74, 6) is -0.869. The number of nitrogens with one attached hydrogen (secondary N) is 1. The Morgan fingerprint density at radius 1 is 1.03 bits per heavy atom. The van der Waals surface area contributed by atoms with E-state index in [2.05, 4.69) is 10.2 Å². The third-order valence-electron chi connectivity index (χ3n) is 5.38. The molecule has 1 saturated heterocycles. The molecule has 1 fully saturated rings. The highest BCUT2D eigenvalue weighted by Gasteiger charge is 2.22. The number of anilines is 2. The molecule has 1 atom stereocenters. The fourth-order valence-corrected chi connectivity index (χ4v) is 4.31. The van der Waals surface area contributed by atoms with Crippen LogP contribution in [0.4, 0.5) is 11.4 Å². The van der Waals surface area contributed by atoms with Crippen molar-refractivity contribution in [1.29, 1.82) is 0 Å². The lowest BCUT2D eigenvalue weighted by atomic mass is 10.1. The van der Waals surface area contributed by atoms with E-state index >= 15 is 0 Å². The van der Waals surface area contributed by atoms with E-state index in [0.717, 1.165) is 48.7 Å². The number of aryl methyl sites for hydroxylation is 1. The molecule has 0 spiro atoms. The maximum Gasteiger partial charge on any atom is 0.349 e. The van der Waals surface area contributed by atoms with E-state index in [4.69, 9.17) is 9.47 Å². The van der Waals surface area contributed by atoms with Crippen molar-refractivity contribution in [3.63, 3.8) is 0 Å². The van der Waals surface area contributed by atoms with Crippen LogP contribution in [0.25, 0.3) is 11.1 Å². The van der Waals surface area contributed by atoms with Crippen LogP contribution in [0.15, 0.2) is 60.0 Å². The Hall–Kier alpha value is -3.16. The number of hydrogen-bond acceptors (Lipinski definition) is 6. The molecule has 6 nitrogen and oxygen atoms in total. The summed E-state index contributed by atoms with van der Waals surface area (Å²) in [6.07, 6.45) is -0.922. The number of carbonyl (C=O) groups excluding carboxylic acids is 2. The van der Waals surface area contributed by atoms with Crippen LogP contribution in [0.2, 0.25) is 0 Å². The molecule has 166 valence electrons. The van der Waals surface area contributed by atoms with Gasteiger partial charge in [0.15, 0.2) is 6.10 Å². The number of benzene rings is 2. The monoisotopic (exact) mass is 450 g/mol. The van der Waals surface area contributed by atoms with Crippen molar-refractivity contribution in [1.82, 2.24) is 0 Å². The van der Waals surface area contributed by atoms with Crippen LogP contribution >= 0.6 is 11.3 Å². The number of ether oxygens (including phenoxy) is 2. The molecule has 0 radical (unpaired) electrons. The maximum absolute atomic E-state index is 12.7. The molecule has 4 rings (SSSR count). The molecule has 7 heteroatoms. The summed E-state index contributed by atoms with van der Waals surface area (Å²) in [6.45, 7) is 6.74. The van der Waals surface area contributed by atoms with E-state index in [9.17, 15) is 9.59 Å². The molecule has 32 heavy (non-hydrogen) atoms. The normalized spacial score (nSPS) is 14.6. The number of nitrogens with zero attached hydrogens (tertiary/aromatic N) is 1. The Labute approximate surface area is 191 Å². The van der Waals surface area contributed by atoms with Gasteiger partial charge in [0.25, 0.3) is 5.91 Å². The number of morpholine rings is 1. The predicted octanol–water partition coefficient (Wildman–Crippen LogP) is 4.74. The molecule has 1 aliphatic rings. The van der Waals surface area contributed by atoms with E-state index in [1.165, 1.54) is 11.3 Å². The first-order valence-electron chi connectivity index (χ1n) is 10.6. The topological polar surface area (TPSA) is 67.9 Å². The van der Waals surface area contributed by atoms with E-state index in [1.807, 2.05) is 66.9 Å². The van der Waals surface area contributed by atoms with Crippen LogP contribution in [-0.2, 0) is 14.3 Å². The van der Waals surface area contributed by atoms with Crippen LogP contribution in [-0.4, -0.2) is 44.3 Å². The molecule has 0 aliphatic carbocycles. The highest BCUT2D eigenvalue weighted by Crippen LogP contribution is 2.29. The zero-order chi connectivity index (χ0) is 22.5. The van der Waals surface area contributed by atoms with Crippen LogP contribution in [0, 0.1) is 6.92 Å². The minimum absolute atomic E-state index is 0.370. The SMILES string of the molecule is Cc1ccc(-c2ccsc2C(=O)OC(C)C(=O)Nc2ccc(N3CCOCC3)cc2)cc1. The third kappa shape index (κ3) is 5.18. The van der Waals surface area contributed by atoms with E-state index in [0.29, 0.717) is 10.6 Å². The maximum atomic E-state index is 12.7. The van der Waals surface area contributed by atoms with Gasteiger partial charge in [-0.15, -0.1) is 11.3 Å². The number of esters is 1. The second kappa shape index (κ2) is 9.97. The molecule has 0 bridgehead atoms. The summed E-state index contributed by atoms with van der Waals surface area (Å²) in [5, 5.41) is 4.67. The molecule has 3 aromatic rings. The molecule has 2 aromatic carbocycles. The summed E-state index contributed by atoms with van der Waals surface area (Å²) < 4.78 is 10.9. The van der Waals surface area contributed by atoms with Crippen molar-refractivity contribution in [2.75, 3.05) is 36.5 Å². The van der Waals surface area contributed by atoms with Crippen molar-refractivity contribution < 1.29 is 19.1 Å². The van der Waals surface area contributed by atoms with Gasteiger partial charge in [-0.05, 0) is 55.1 Å². The average Bonchev–Trinajstić information content (AvgIpc) is 3.31. The van der Waals surface area contributed by atoms with Gasteiger partial charge >= 0.3 is 5.97 Å². The van der Waals surface area contributed by atoms with Crippen LogP contribution in [0.5, 0.6) is 0 Å². The van der Waals surface area contributed by atoms with Gasteiger partial charge in [0.2, 0.25) is 0 Å². The summed E-state index contributed by atoms with van der Waals surface area (Å²) in [4.78, 5) is 28.1. The predicted molar refractivity (Wildman–Crippen MR) is 127 cm³/mol. The zero-order valence-corrected chi connectivity index (χ0v) is 19.0. The Balaban J connectivity index is 1.36. The fourth-order valence-electron chi connectivity index (χ4n) is 3.52. The van der Waals surface area contributed by atoms with Gasteiger partial charge in [0, 0.05) is 30.0 Å². The van der Waals surface area contributed by atoms with E-state index in [-0.39, 0.29) is 5.91 Å². The summed E-state index contributed by atoms with van der Waals surface area (Å²) >= 11 is 1.31. The van der Waals surface area contributed by atoms with Crippen molar-refractivity contribution in [2.24, 2.45) is 0 Å². The van der Waals surface area contributed by atoms with Crippen LogP contribution in [0.1, 0.15) is 22.2 Å². The first kappa shape index (κ1) is 22.0. The largest absolute Gasteiger partial charge is 0.448 e.